The third-order valence-electron chi connectivity index (χ3n) is 3.99. The molecule has 0 bridgehead atoms. The highest BCUT2D eigenvalue weighted by Gasteiger charge is 2.48. The van der Waals surface area contributed by atoms with E-state index >= 15 is 0 Å². The molecule has 80 valence electrons. The zero-order valence-corrected chi connectivity index (χ0v) is 8.75. The van der Waals surface area contributed by atoms with Gasteiger partial charge in [-0.2, -0.15) is 0 Å². The highest BCUT2D eigenvalue weighted by Crippen LogP contribution is 2.39. The van der Waals surface area contributed by atoms with Crippen LogP contribution in [0.25, 0.3) is 0 Å². The fourth-order valence-corrected chi connectivity index (χ4v) is 3.05. The van der Waals surface area contributed by atoms with Crippen molar-refractivity contribution in [2.24, 2.45) is 5.92 Å². The first kappa shape index (κ1) is 9.97. The minimum atomic E-state index is -0.658. The number of carboxylic acids is 1. The van der Waals surface area contributed by atoms with Crippen molar-refractivity contribution in [3.63, 3.8) is 0 Å². The maximum Gasteiger partial charge on any atom is 0.323 e. The van der Waals surface area contributed by atoms with E-state index in [0.717, 1.165) is 6.42 Å². The van der Waals surface area contributed by atoms with Crippen LogP contribution in [0.2, 0.25) is 0 Å². The fourth-order valence-electron chi connectivity index (χ4n) is 3.05. The Morgan fingerprint density at radius 1 is 1.50 bits per heavy atom. The van der Waals surface area contributed by atoms with Gasteiger partial charge in [-0.05, 0) is 31.6 Å². The van der Waals surface area contributed by atoms with Gasteiger partial charge in [0.2, 0.25) is 0 Å². The van der Waals surface area contributed by atoms with Crippen molar-refractivity contribution in [1.82, 2.24) is 5.32 Å². The lowest BCUT2D eigenvalue weighted by atomic mass is 9.82. The van der Waals surface area contributed by atoms with Gasteiger partial charge < -0.3 is 5.11 Å². The molecule has 1 saturated heterocycles. The summed E-state index contributed by atoms with van der Waals surface area (Å²) in [5, 5.41) is 12.6. The highest BCUT2D eigenvalue weighted by molar-refractivity contribution is 5.79. The van der Waals surface area contributed by atoms with E-state index in [1.165, 1.54) is 25.7 Å². The lowest BCUT2D eigenvalue weighted by molar-refractivity contribution is -0.144. The summed E-state index contributed by atoms with van der Waals surface area (Å²) in [5.41, 5.74) is -0.611. The van der Waals surface area contributed by atoms with Gasteiger partial charge in [0.05, 0.1) is 0 Å². The third kappa shape index (κ3) is 1.44. The Balaban J connectivity index is 2.13. The zero-order valence-electron chi connectivity index (χ0n) is 8.75. The second kappa shape index (κ2) is 3.54. The molecular formula is C11H19NO2. The van der Waals surface area contributed by atoms with E-state index in [4.69, 9.17) is 0 Å². The molecule has 2 N–H and O–H groups in total. The van der Waals surface area contributed by atoms with E-state index in [-0.39, 0.29) is 0 Å². The van der Waals surface area contributed by atoms with Crippen molar-refractivity contribution in [3.05, 3.63) is 0 Å². The topological polar surface area (TPSA) is 49.3 Å². The van der Waals surface area contributed by atoms with Crippen LogP contribution in [0.1, 0.15) is 45.4 Å². The highest BCUT2D eigenvalue weighted by atomic mass is 16.4. The summed E-state index contributed by atoms with van der Waals surface area (Å²) < 4.78 is 0. The molecule has 1 aliphatic heterocycles. The van der Waals surface area contributed by atoms with Crippen LogP contribution in [0, 0.1) is 5.92 Å². The molecule has 0 aromatic heterocycles. The molecule has 3 nitrogen and oxygen atoms in total. The summed E-state index contributed by atoms with van der Waals surface area (Å²) in [5.74, 6) is -0.0470. The Morgan fingerprint density at radius 3 is 2.79 bits per heavy atom. The molecule has 3 atom stereocenters. The first-order valence-electron chi connectivity index (χ1n) is 5.69. The molecule has 1 saturated carbocycles. The maximum absolute atomic E-state index is 11.2. The first-order valence-corrected chi connectivity index (χ1v) is 5.69. The van der Waals surface area contributed by atoms with Crippen LogP contribution in [-0.4, -0.2) is 22.7 Å². The Bertz CT molecular complexity index is 225. The van der Waals surface area contributed by atoms with Crippen molar-refractivity contribution in [1.29, 1.82) is 0 Å². The molecule has 0 amide bonds. The van der Waals surface area contributed by atoms with Gasteiger partial charge in [0.15, 0.2) is 0 Å². The number of carboxylic acid groups (broad SMARTS) is 1. The molecule has 0 radical (unpaired) electrons. The lowest BCUT2D eigenvalue weighted by Crippen LogP contribution is -2.49. The summed E-state index contributed by atoms with van der Waals surface area (Å²) in [6.45, 7) is 1.97. The van der Waals surface area contributed by atoms with Gasteiger partial charge in [0.25, 0.3) is 0 Å². The largest absolute Gasteiger partial charge is 0.480 e. The van der Waals surface area contributed by atoms with Crippen molar-refractivity contribution in [3.8, 4) is 0 Å². The number of rotatable bonds is 2. The molecule has 0 spiro atoms. The maximum atomic E-state index is 11.2. The molecule has 0 aromatic carbocycles. The number of hydrogen-bond acceptors (Lipinski definition) is 2. The van der Waals surface area contributed by atoms with E-state index in [2.05, 4.69) is 5.32 Å². The number of aliphatic carboxylic acids is 1. The monoisotopic (exact) mass is 197 g/mol. The summed E-state index contributed by atoms with van der Waals surface area (Å²) in [6, 6.07) is 0.472. The SMILES string of the molecule is CCC1(C(=O)O)CC2CCCCC2N1. The summed E-state index contributed by atoms with van der Waals surface area (Å²) >= 11 is 0. The minimum absolute atomic E-state index is 0.472. The second-order valence-corrected chi connectivity index (χ2v) is 4.74. The van der Waals surface area contributed by atoms with Gasteiger partial charge in [-0.3, -0.25) is 10.1 Å². The van der Waals surface area contributed by atoms with Crippen molar-refractivity contribution in [2.45, 2.75) is 57.0 Å². The van der Waals surface area contributed by atoms with Crippen LogP contribution in [0.15, 0.2) is 0 Å². The molecule has 2 rings (SSSR count). The van der Waals surface area contributed by atoms with Gasteiger partial charge >= 0.3 is 5.97 Å². The third-order valence-corrected chi connectivity index (χ3v) is 3.99. The molecule has 1 aliphatic carbocycles. The van der Waals surface area contributed by atoms with Crippen LogP contribution < -0.4 is 5.32 Å². The second-order valence-electron chi connectivity index (χ2n) is 4.74. The minimum Gasteiger partial charge on any atom is -0.480 e. The molecule has 3 heteroatoms. The number of fused-ring (bicyclic) bond motifs is 1. The summed E-state index contributed by atoms with van der Waals surface area (Å²) in [7, 11) is 0. The lowest BCUT2D eigenvalue weighted by Gasteiger charge is -2.25. The summed E-state index contributed by atoms with van der Waals surface area (Å²) in [6.07, 6.45) is 6.46. The van der Waals surface area contributed by atoms with Gasteiger partial charge in [0, 0.05) is 6.04 Å². The smallest absolute Gasteiger partial charge is 0.323 e. The Morgan fingerprint density at radius 2 is 2.21 bits per heavy atom. The van der Waals surface area contributed by atoms with Crippen LogP contribution >= 0.6 is 0 Å². The molecule has 1 heterocycles. The van der Waals surface area contributed by atoms with E-state index < -0.39 is 11.5 Å². The predicted octanol–water partition coefficient (Wildman–Crippen LogP) is 1.77. The van der Waals surface area contributed by atoms with Crippen LogP contribution in [0.5, 0.6) is 0 Å². The van der Waals surface area contributed by atoms with E-state index in [1.807, 2.05) is 6.92 Å². The first-order chi connectivity index (χ1) is 6.68. The molecular weight excluding hydrogens is 178 g/mol. The van der Waals surface area contributed by atoms with Crippen molar-refractivity contribution >= 4 is 5.97 Å². The number of nitrogens with one attached hydrogen (secondary N) is 1. The average Bonchev–Trinajstić information content (AvgIpc) is 2.57. The number of carbonyl (C=O) groups is 1. The van der Waals surface area contributed by atoms with Crippen LogP contribution in [-0.2, 0) is 4.79 Å². The normalized spacial score (nSPS) is 42.1. The summed E-state index contributed by atoms with van der Waals surface area (Å²) in [4.78, 5) is 11.2. The molecule has 14 heavy (non-hydrogen) atoms. The molecule has 2 fully saturated rings. The van der Waals surface area contributed by atoms with Crippen molar-refractivity contribution in [2.75, 3.05) is 0 Å². The zero-order chi connectivity index (χ0) is 10.2. The van der Waals surface area contributed by atoms with Gasteiger partial charge in [-0.1, -0.05) is 19.8 Å². The van der Waals surface area contributed by atoms with Crippen LogP contribution in [0.3, 0.4) is 0 Å². The molecule has 0 aromatic rings. The van der Waals surface area contributed by atoms with Crippen LogP contribution in [0.4, 0.5) is 0 Å². The Hall–Kier alpha value is -0.570. The van der Waals surface area contributed by atoms with Crippen molar-refractivity contribution < 1.29 is 9.90 Å². The van der Waals surface area contributed by atoms with E-state index in [1.54, 1.807) is 0 Å². The quantitative estimate of drug-likeness (QED) is 0.709. The Kier molecular flexibility index (Phi) is 2.52. The van der Waals surface area contributed by atoms with Gasteiger partial charge in [0.1, 0.15) is 5.54 Å². The Labute approximate surface area is 84.9 Å². The fraction of sp³-hybridized carbons (Fsp3) is 0.909. The molecule has 3 unspecified atom stereocenters. The predicted molar refractivity (Wildman–Crippen MR) is 54.2 cm³/mol. The standard InChI is InChI=1S/C11H19NO2/c1-2-11(10(13)14)7-8-5-3-4-6-9(8)12-11/h8-9,12H,2-7H2,1H3,(H,13,14). The van der Waals surface area contributed by atoms with Gasteiger partial charge in [-0.25, -0.2) is 0 Å². The average molecular weight is 197 g/mol. The van der Waals surface area contributed by atoms with E-state index in [0.29, 0.717) is 18.4 Å². The number of hydrogen-bond donors (Lipinski definition) is 2. The molecule has 2 aliphatic rings. The van der Waals surface area contributed by atoms with Gasteiger partial charge in [-0.15, -0.1) is 0 Å². The van der Waals surface area contributed by atoms with E-state index in [9.17, 15) is 9.90 Å².